The number of aromatic nitrogens is 1. The number of aldehydes is 1. The molecule has 0 aliphatic carbocycles. The molecule has 4 aromatic carbocycles. The van der Waals surface area contributed by atoms with Gasteiger partial charge in [0.2, 0.25) is 5.88 Å². The molecular formula is C29H22FN3O3. The van der Waals surface area contributed by atoms with Crippen LogP contribution in [0.15, 0.2) is 101 Å². The molecule has 36 heavy (non-hydrogen) atoms. The monoisotopic (exact) mass is 479 g/mol. The molecule has 5 rings (SSSR count). The van der Waals surface area contributed by atoms with Gasteiger partial charge in [0.25, 0.3) is 0 Å². The predicted molar refractivity (Wildman–Crippen MR) is 138 cm³/mol. The summed E-state index contributed by atoms with van der Waals surface area (Å²) in [6, 6.07) is 26.7. The van der Waals surface area contributed by atoms with Gasteiger partial charge in [-0.3, -0.25) is 13.8 Å². The molecule has 178 valence electrons. The highest BCUT2D eigenvalue weighted by molar-refractivity contribution is 5.96. The topological polar surface area (TPSA) is 87.2 Å². The number of phenols is 1. The fraction of sp³-hybridized carbons (Fsp3) is 0.0690. The number of alkyl halides is 1. The van der Waals surface area contributed by atoms with E-state index in [1.165, 1.54) is 0 Å². The molecule has 5 aromatic rings. The SMILES string of the molecule is O=Cc1cccc(-c2cccc(N=Nc3c(O)n(-c4ccc(CCF)cc4)c4ccccc34)c2O)c1. The summed E-state index contributed by atoms with van der Waals surface area (Å²) in [6.07, 6.45) is 1.08. The Morgan fingerprint density at radius 3 is 2.42 bits per heavy atom. The third-order valence-corrected chi connectivity index (χ3v) is 6.01. The summed E-state index contributed by atoms with van der Waals surface area (Å²) in [5.74, 6) is -0.191. The summed E-state index contributed by atoms with van der Waals surface area (Å²) in [7, 11) is 0. The summed E-state index contributed by atoms with van der Waals surface area (Å²) in [4.78, 5) is 11.2. The second-order valence-electron chi connectivity index (χ2n) is 8.25. The minimum atomic E-state index is -0.432. The number of aromatic hydroxyl groups is 2. The van der Waals surface area contributed by atoms with Gasteiger partial charge in [-0.1, -0.05) is 60.7 Å². The molecule has 0 atom stereocenters. The first-order valence-electron chi connectivity index (χ1n) is 11.4. The number of fused-ring (bicyclic) bond motifs is 1. The van der Waals surface area contributed by atoms with Crippen molar-refractivity contribution in [2.24, 2.45) is 10.2 Å². The Hall–Kier alpha value is -4.78. The van der Waals surface area contributed by atoms with Gasteiger partial charge in [-0.05, 0) is 41.5 Å². The molecule has 1 aromatic heterocycles. The zero-order valence-corrected chi connectivity index (χ0v) is 19.2. The number of hydrogen-bond donors (Lipinski definition) is 2. The number of phenolic OH excluding ortho intramolecular Hbond substituents is 1. The zero-order valence-electron chi connectivity index (χ0n) is 19.2. The van der Waals surface area contributed by atoms with Crippen molar-refractivity contribution in [3.8, 4) is 28.4 Å². The second kappa shape index (κ2) is 9.84. The molecule has 0 fully saturated rings. The maximum Gasteiger partial charge on any atom is 0.225 e. The Balaban J connectivity index is 1.57. The van der Waals surface area contributed by atoms with E-state index in [0.717, 1.165) is 17.4 Å². The van der Waals surface area contributed by atoms with Crippen molar-refractivity contribution in [3.63, 3.8) is 0 Å². The molecule has 0 aliphatic heterocycles. The summed E-state index contributed by atoms with van der Waals surface area (Å²) < 4.78 is 14.3. The molecule has 0 unspecified atom stereocenters. The van der Waals surface area contributed by atoms with Gasteiger partial charge < -0.3 is 10.2 Å². The molecule has 0 spiro atoms. The molecule has 6 nitrogen and oxygen atoms in total. The smallest absolute Gasteiger partial charge is 0.225 e. The Morgan fingerprint density at radius 2 is 1.64 bits per heavy atom. The molecule has 0 bridgehead atoms. The molecule has 0 radical (unpaired) electrons. The van der Waals surface area contributed by atoms with Crippen LogP contribution in [-0.2, 0) is 6.42 Å². The minimum absolute atomic E-state index is 0.0871. The molecule has 1 heterocycles. The Bertz CT molecular complexity index is 1590. The van der Waals surface area contributed by atoms with Gasteiger partial charge in [0, 0.05) is 28.6 Å². The van der Waals surface area contributed by atoms with E-state index in [1.807, 2.05) is 48.5 Å². The number of hydrogen-bond acceptors (Lipinski definition) is 5. The van der Waals surface area contributed by atoms with Crippen molar-refractivity contribution in [2.75, 3.05) is 6.67 Å². The standard InChI is InChI=1S/C29H22FN3O3/c30-16-15-19-11-13-22(14-12-19)33-26-10-2-1-7-24(26)27(29(33)36)32-31-25-9-4-8-23(28(25)35)21-6-3-5-20(17-21)18-34/h1-14,17-18,35-36H,15-16H2. The molecule has 2 N–H and O–H groups in total. The molecule has 0 aliphatic rings. The van der Waals surface area contributed by atoms with E-state index in [2.05, 4.69) is 10.2 Å². The van der Waals surface area contributed by atoms with E-state index in [-0.39, 0.29) is 23.0 Å². The minimum Gasteiger partial charge on any atom is -0.505 e. The van der Waals surface area contributed by atoms with Crippen LogP contribution in [0, 0.1) is 0 Å². The Kier molecular flexibility index (Phi) is 6.28. The third-order valence-electron chi connectivity index (χ3n) is 6.01. The van der Waals surface area contributed by atoms with Gasteiger partial charge in [-0.25, -0.2) is 0 Å². The highest BCUT2D eigenvalue weighted by atomic mass is 19.1. The van der Waals surface area contributed by atoms with Crippen LogP contribution in [0.4, 0.5) is 15.8 Å². The first kappa shape index (κ1) is 23.0. The summed E-state index contributed by atoms with van der Waals surface area (Å²) >= 11 is 0. The van der Waals surface area contributed by atoms with Crippen molar-refractivity contribution >= 4 is 28.6 Å². The average Bonchev–Trinajstić information content (AvgIpc) is 3.19. The summed E-state index contributed by atoms with van der Waals surface area (Å²) in [6.45, 7) is -0.432. The number of rotatable bonds is 7. The first-order valence-corrected chi connectivity index (χ1v) is 11.4. The van der Waals surface area contributed by atoms with Gasteiger partial charge in [0.15, 0.2) is 11.4 Å². The van der Waals surface area contributed by atoms with Crippen molar-refractivity contribution < 1.29 is 19.4 Å². The molecule has 0 saturated heterocycles. The van der Waals surface area contributed by atoms with E-state index in [4.69, 9.17) is 0 Å². The lowest BCUT2D eigenvalue weighted by Gasteiger charge is -2.08. The van der Waals surface area contributed by atoms with Crippen molar-refractivity contribution in [1.82, 2.24) is 4.57 Å². The lowest BCUT2D eigenvalue weighted by molar-refractivity contribution is 0.112. The zero-order chi connectivity index (χ0) is 25.1. The van der Waals surface area contributed by atoms with Gasteiger partial charge in [-0.2, -0.15) is 0 Å². The van der Waals surface area contributed by atoms with Crippen LogP contribution >= 0.6 is 0 Å². The largest absolute Gasteiger partial charge is 0.505 e. The van der Waals surface area contributed by atoms with E-state index in [9.17, 15) is 19.4 Å². The van der Waals surface area contributed by atoms with Crippen molar-refractivity contribution in [2.45, 2.75) is 6.42 Å². The van der Waals surface area contributed by atoms with Gasteiger partial charge in [0.1, 0.15) is 12.0 Å². The van der Waals surface area contributed by atoms with Crippen LogP contribution in [0.1, 0.15) is 15.9 Å². The summed E-state index contributed by atoms with van der Waals surface area (Å²) in [5.41, 5.74) is 4.45. The van der Waals surface area contributed by atoms with Crippen LogP contribution in [0.5, 0.6) is 11.6 Å². The number of carbonyl (C=O) groups excluding carboxylic acids is 1. The Labute approximate surface area is 206 Å². The normalized spacial score (nSPS) is 11.4. The molecule has 0 amide bonds. The Morgan fingerprint density at radius 1 is 0.861 bits per heavy atom. The fourth-order valence-corrected chi connectivity index (χ4v) is 4.22. The van der Waals surface area contributed by atoms with Crippen LogP contribution in [0.3, 0.4) is 0 Å². The fourth-order valence-electron chi connectivity index (χ4n) is 4.22. The van der Waals surface area contributed by atoms with Crippen molar-refractivity contribution in [3.05, 3.63) is 102 Å². The third kappa shape index (κ3) is 4.22. The number of carbonyl (C=O) groups is 1. The van der Waals surface area contributed by atoms with Crippen LogP contribution in [0.25, 0.3) is 27.7 Å². The highest BCUT2D eigenvalue weighted by Crippen LogP contribution is 2.43. The highest BCUT2D eigenvalue weighted by Gasteiger charge is 2.18. The number of azo groups is 1. The maximum absolute atomic E-state index is 12.7. The van der Waals surface area contributed by atoms with E-state index >= 15 is 0 Å². The number of nitrogens with zero attached hydrogens (tertiary/aromatic N) is 3. The second-order valence-corrected chi connectivity index (χ2v) is 8.25. The van der Waals surface area contributed by atoms with Crippen LogP contribution < -0.4 is 0 Å². The molecule has 7 heteroatoms. The quantitative estimate of drug-likeness (QED) is 0.188. The van der Waals surface area contributed by atoms with Crippen molar-refractivity contribution in [1.29, 1.82) is 0 Å². The summed E-state index contributed by atoms with van der Waals surface area (Å²) in [5, 5.41) is 31.3. The van der Waals surface area contributed by atoms with Gasteiger partial charge >= 0.3 is 0 Å². The number of aryl methyl sites for hydroxylation is 1. The average molecular weight is 480 g/mol. The predicted octanol–water partition coefficient (Wildman–Crippen LogP) is 7.45. The lowest BCUT2D eigenvalue weighted by atomic mass is 10.0. The number of benzene rings is 4. The lowest BCUT2D eigenvalue weighted by Crippen LogP contribution is -1.94. The number of halogens is 1. The number of para-hydroxylation sites is 2. The molecular weight excluding hydrogens is 457 g/mol. The van der Waals surface area contributed by atoms with Crippen LogP contribution in [0.2, 0.25) is 0 Å². The maximum atomic E-state index is 12.7. The van der Waals surface area contributed by atoms with Gasteiger partial charge in [0.05, 0.1) is 12.2 Å². The first-order chi connectivity index (χ1) is 17.6. The van der Waals surface area contributed by atoms with E-state index in [1.54, 1.807) is 47.0 Å². The van der Waals surface area contributed by atoms with Crippen LogP contribution in [-0.4, -0.2) is 27.7 Å². The molecule has 0 saturated carbocycles. The van der Waals surface area contributed by atoms with Gasteiger partial charge in [-0.15, -0.1) is 10.2 Å². The van der Waals surface area contributed by atoms with E-state index < -0.39 is 6.67 Å². The van der Waals surface area contributed by atoms with E-state index in [0.29, 0.717) is 34.2 Å².